The van der Waals surface area contributed by atoms with Gasteiger partial charge in [0, 0.05) is 24.8 Å². The summed E-state index contributed by atoms with van der Waals surface area (Å²) in [6.07, 6.45) is 1.25. The molecule has 0 saturated carbocycles. The standard InChI is InChI=1S/C14H14F2N4OS/c1-8(10-4-3-9(15)6-11(10)16)5-13(21)17-7-12-18-19-14(22)20(12)2/h3-6H,7H2,1-2H3,(H,17,21)(H,19,22)/b8-5+. The molecule has 0 aliphatic heterocycles. The Morgan fingerprint density at radius 2 is 2.23 bits per heavy atom. The molecule has 1 aromatic carbocycles. The maximum Gasteiger partial charge on any atom is 0.244 e. The Hall–Kier alpha value is -2.35. The third-order valence-corrected chi connectivity index (χ3v) is 3.46. The summed E-state index contributed by atoms with van der Waals surface area (Å²) < 4.78 is 28.6. The molecular formula is C14H14F2N4OS. The van der Waals surface area contributed by atoms with Crippen molar-refractivity contribution in [2.24, 2.45) is 7.05 Å². The Balaban J connectivity index is 2.06. The lowest BCUT2D eigenvalue weighted by Gasteiger charge is -2.05. The maximum absolute atomic E-state index is 13.6. The second-order valence-electron chi connectivity index (χ2n) is 4.67. The van der Waals surface area contributed by atoms with Gasteiger partial charge < -0.3 is 9.88 Å². The van der Waals surface area contributed by atoms with E-state index in [1.165, 1.54) is 12.1 Å². The smallest absolute Gasteiger partial charge is 0.244 e. The van der Waals surface area contributed by atoms with E-state index in [2.05, 4.69) is 15.5 Å². The van der Waals surface area contributed by atoms with E-state index < -0.39 is 17.5 Å². The zero-order valence-electron chi connectivity index (χ0n) is 12.0. The molecule has 0 aliphatic carbocycles. The summed E-state index contributed by atoms with van der Waals surface area (Å²) in [6.45, 7) is 1.75. The van der Waals surface area contributed by atoms with Crippen LogP contribution in [0.4, 0.5) is 8.78 Å². The van der Waals surface area contributed by atoms with Crippen molar-refractivity contribution in [2.75, 3.05) is 0 Å². The molecule has 0 atom stereocenters. The van der Waals surface area contributed by atoms with Crippen molar-refractivity contribution in [2.45, 2.75) is 13.5 Å². The lowest BCUT2D eigenvalue weighted by Crippen LogP contribution is -2.22. The second kappa shape index (κ2) is 6.61. The minimum atomic E-state index is -0.712. The van der Waals surface area contributed by atoms with Crippen LogP contribution in [0.15, 0.2) is 24.3 Å². The van der Waals surface area contributed by atoms with Gasteiger partial charge in [0.05, 0.1) is 6.54 Å². The largest absolute Gasteiger partial charge is 0.345 e. The first-order valence-electron chi connectivity index (χ1n) is 6.40. The molecule has 1 aromatic heterocycles. The molecule has 0 aliphatic rings. The average Bonchev–Trinajstić information content (AvgIpc) is 2.76. The number of benzene rings is 1. The van der Waals surface area contributed by atoms with Crippen LogP contribution < -0.4 is 5.32 Å². The summed E-state index contributed by atoms with van der Waals surface area (Å²) in [4.78, 5) is 11.8. The number of amides is 1. The van der Waals surface area contributed by atoms with Crippen LogP contribution in [0, 0.1) is 16.4 Å². The Morgan fingerprint density at radius 3 is 2.82 bits per heavy atom. The van der Waals surface area contributed by atoms with Gasteiger partial charge in [-0.2, -0.15) is 5.10 Å². The van der Waals surface area contributed by atoms with Gasteiger partial charge >= 0.3 is 0 Å². The van der Waals surface area contributed by atoms with Crippen molar-refractivity contribution in [1.82, 2.24) is 20.1 Å². The lowest BCUT2D eigenvalue weighted by atomic mass is 10.1. The van der Waals surface area contributed by atoms with Crippen molar-refractivity contribution < 1.29 is 13.6 Å². The molecule has 0 spiro atoms. The maximum atomic E-state index is 13.6. The number of allylic oxidation sites excluding steroid dienone is 1. The minimum absolute atomic E-state index is 0.176. The molecule has 2 aromatic rings. The molecular weight excluding hydrogens is 310 g/mol. The van der Waals surface area contributed by atoms with Crippen LogP contribution >= 0.6 is 12.2 Å². The molecule has 1 amide bonds. The molecule has 0 fully saturated rings. The van der Waals surface area contributed by atoms with Crippen LogP contribution in [-0.2, 0) is 18.4 Å². The fourth-order valence-electron chi connectivity index (χ4n) is 1.84. The number of nitrogens with zero attached hydrogens (tertiary/aromatic N) is 2. The van der Waals surface area contributed by atoms with Gasteiger partial charge in [0.2, 0.25) is 5.91 Å². The predicted octanol–water partition coefficient (Wildman–Crippen LogP) is 2.48. The molecule has 5 nitrogen and oxygen atoms in total. The van der Waals surface area contributed by atoms with Crippen LogP contribution in [0.5, 0.6) is 0 Å². The van der Waals surface area contributed by atoms with Crippen molar-refractivity contribution >= 4 is 23.7 Å². The number of carbonyl (C=O) groups is 1. The zero-order valence-corrected chi connectivity index (χ0v) is 12.8. The van der Waals surface area contributed by atoms with Crippen LogP contribution in [0.3, 0.4) is 0 Å². The van der Waals surface area contributed by atoms with Crippen molar-refractivity contribution in [1.29, 1.82) is 0 Å². The summed E-state index contributed by atoms with van der Waals surface area (Å²) in [6, 6.07) is 3.21. The Kier molecular flexibility index (Phi) is 4.81. The van der Waals surface area contributed by atoms with E-state index in [-0.39, 0.29) is 12.1 Å². The quantitative estimate of drug-likeness (QED) is 0.671. The van der Waals surface area contributed by atoms with Crippen LogP contribution in [0.1, 0.15) is 18.3 Å². The summed E-state index contributed by atoms with van der Waals surface area (Å²) >= 11 is 4.96. The van der Waals surface area contributed by atoms with E-state index in [4.69, 9.17) is 12.2 Å². The number of H-pyrrole nitrogens is 1. The summed E-state index contributed by atoms with van der Waals surface area (Å²) in [7, 11) is 1.72. The van der Waals surface area contributed by atoms with Gasteiger partial charge in [-0.05, 0) is 36.8 Å². The van der Waals surface area contributed by atoms with Gasteiger partial charge in [0.25, 0.3) is 0 Å². The average molecular weight is 324 g/mol. The summed E-state index contributed by atoms with van der Waals surface area (Å²) in [5, 5.41) is 9.18. The number of aromatic amines is 1. The summed E-state index contributed by atoms with van der Waals surface area (Å²) in [5.74, 6) is -1.22. The van der Waals surface area contributed by atoms with Crippen molar-refractivity contribution in [3.8, 4) is 0 Å². The molecule has 0 unspecified atom stereocenters. The topological polar surface area (TPSA) is 62.7 Å². The van der Waals surface area contributed by atoms with E-state index in [0.717, 1.165) is 12.1 Å². The molecule has 0 radical (unpaired) electrons. The number of rotatable bonds is 4. The van der Waals surface area contributed by atoms with Gasteiger partial charge in [0.1, 0.15) is 11.6 Å². The third kappa shape index (κ3) is 3.64. The highest BCUT2D eigenvalue weighted by atomic mass is 32.1. The zero-order chi connectivity index (χ0) is 16.3. The number of nitrogens with one attached hydrogen (secondary N) is 2. The fraction of sp³-hybridized carbons (Fsp3) is 0.214. The highest BCUT2D eigenvalue weighted by molar-refractivity contribution is 7.71. The van der Waals surface area contributed by atoms with Crippen LogP contribution in [-0.4, -0.2) is 20.7 Å². The third-order valence-electron chi connectivity index (χ3n) is 3.10. The van der Waals surface area contributed by atoms with E-state index >= 15 is 0 Å². The first-order valence-corrected chi connectivity index (χ1v) is 6.81. The lowest BCUT2D eigenvalue weighted by molar-refractivity contribution is -0.116. The van der Waals surface area contributed by atoms with E-state index in [0.29, 0.717) is 16.2 Å². The first-order chi connectivity index (χ1) is 10.4. The number of aromatic nitrogens is 3. The number of hydrogen-bond acceptors (Lipinski definition) is 3. The van der Waals surface area contributed by atoms with Gasteiger partial charge in [-0.25, -0.2) is 8.78 Å². The van der Waals surface area contributed by atoms with Gasteiger partial charge in [-0.1, -0.05) is 0 Å². The van der Waals surface area contributed by atoms with Crippen LogP contribution in [0.2, 0.25) is 0 Å². The molecule has 116 valence electrons. The molecule has 8 heteroatoms. The van der Waals surface area contributed by atoms with E-state index in [9.17, 15) is 13.6 Å². The van der Waals surface area contributed by atoms with E-state index in [1.54, 1.807) is 18.5 Å². The molecule has 0 bridgehead atoms. The first kappa shape index (κ1) is 16.0. The highest BCUT2D eigenvalue weighted by Crippen LogP contribution is 2.18. The van der Waals surface area contributed by atoms with Crippen molar-refractivity contribution in [3.63, 3.8) is 0 Å². The fourth-order valence-corrected chi connectivity index (χ4v) is 1.99. The molecule has 1 heterocycles. The SMILES string of the molecule is C/C(=C\C(=O)NCc1n[nH]c(=S)n1C)c1ccc(F)cc1F. The monoisotopic (exact) mass is 324 g/mol. The second-order valence-corrected chi connectivity index (χ2v) is 5.06. The van der Waals surface area contributed by atoms with Crippen molar-refractivity contribution in [3.05, 3.63) is 52.1 Å². The minimum Gasteiger partial charge on any atom is -0.345 e. The van der Waals surface area contributed by atoms with Gasteiger partial charge in [-0.15, -0.1) is 0 Å². The predicted molar refractivity (Wildman–Crippen MR) is 80.2 cm³/mol. The number of hydrogen-bond donors (Lipinski definition) is 2. The Bertz CT molecular complexity index is 794. The normalized spacial score (nSPS) is 11.5. The molecule has 2 rings (SSSR count). The Labute approximate surface area is 130 Å². The van der Waals surface area contributed by atoms with Gasteiger partial charge in [0.15, 0.2) is 10.6 Å². The van der Waals surface area contributed by atoms with Crippen LogP contribution in [0.25, 0.3) is 5.57 Å². The summed E-state index contributed by atoms with van der Waals surface area (Å²) in [5.41, 5.74) is 0.570. The Morgan fingerprint density at radius 1 is 1.50 bits per heavy atom. The molecule has 2 N–H and O–H groups in total. The number of halogens is 2. The number of carbonyl (C=O) groups excluding carboxylic acids is 1. The van der Waals surface area contributed by atoms with E-state index in [1.807, 2.05) is 0 Å². The van der Waals surface area contributed by atoms with Gasteiger partial charge in [-0.3, -0.25) is 9.89 Å². The molecule has 22 heavy (non-hydrogen) atoms. The highest BCUT2D eigenvalue weighted by Gasteiger charge is 2.08. The molecule has 0 saturated heterocycles.